The van der Waals surface area contributed by atoms with Crippen molar-refractivity contribution in [1.29, 1.82) is 0 Å². The van der Waals surface area contributed by atoms with Crippen LogP contribution in [0.2, 0.25) is 0 Å². The second kappa shape index (κ2) is 7.13. The van der Waals surface area contributed by atoms with Crippen LogP contribution in [0.5, 0.6) is 0 Å². The highest BCUT2D eigenvalue weighted by Crippen LogP contribution is 2.77. The van der Waals surface area contributed by atoms with E-state index < -0.39 is 11.4 Å². The Bertz CT molecular complexity index is 857. The summed E-state index contributed by atoms with van der Waals surface area (Å²) in [5.74, 6) is 3.12. The van der Waals surface area contributed by atoms with Gasteiger partial charge in [-0.25, -0.2) is 0 Å². The molecule has 5 aliphatic rings. The number of carboxylic acid groups (broad SMARTS) is 1. The molecular weight excluding hydrogens is 404 g/mol. The van der Waals surface area contributed by atoms with Gasteiger partial charge in [0.1, 0.15) is 0 Å². The van der Waals surface area contributed by atoms with Crippen LogP contribution >= 0.6 is 0 Å². The molecule has 5 rings (SSSR count). The van der Waals surface area contributed by atoms with Crippen LogP contribution in [0.3, 0.4) is 0 Å². The summed E-state index contributed by atoms with van der Waals surface area (Å²) in [6, 6.07) is 0. The Morgan fingerprint density at radius 1 is 0.818 bits per heavy atom. The number of fused-ring (bicyclic) bond motifs is 7. The van der Waals surface area contributed by atoms with E-state index in [1.54, 1.807) is 0 Å². The SMILES string of the molecule is C=C(C)C1CC[C@]2(C(=O)O)CC[C@]3(C)C(CCC4[C@@]5(C)CC[C@H](C)C(C)(C)C5CC[C@]43C)C12. The van der Waals surface area contributed by atoms with E-state index in [0.717, 1.165) is 43.4 Å². The van der Waals surface area contributed by atoms with Gasteiger partial charge in [-0.3, -0.25) is 4.79 Å². The molecule has 33 heavy (non-hydrogen) atoms. The summed E-state index contributed by atoms with van der Waals surface area (Å²) in [5.41, 5.74) is 2.16. The van der Waals surface area contributed by atoms with Crippen molar-refractivity contribution in [3.05, 3.63) is 12.2 Å². The first-order valence-electron chi connectivity index (χ1n) is 14.1. The zero-order valence-corrected chi connectivity index (χ0v) is 22.6. The molecule has 0 bridgehead atoms. The molecule has 0 aromatic carbocycles. The van der Waals surface area contributed by atoms with Crippen LogP contribution in [0.1, 0.15) is 113 Å². The maximum atomic E-state index is 12.8. The fourth-order valence-electron chi connectivity index (χ4n) is 11.7. The van der Waals surface area contributed by atoms with Gasteiger partial charge in [0.15, 0.2) is 0 Å². The fraction of sp³-hybridized carbons (Fsp3) is 0.903. The number of hydrogen-bond acceptors (Lipinski definition) is 1. The minimum absolute atomic E-state index is 0.249. The van der Waals surface area contributed by atoms with E-state index in [9.17, 15) is 9.90 Å². The summed E-state index contributed by atoms with van der Waals surface area (Å²) >= 11 is 0. The molecule has 5 unspecified atom stereocenters. The van der Waals surface area contributed by atoms with Crippen molar-refractivity contribution in [2.75, 3.05) is 0 Å². The Balaban J connectivity index is 1.57. The molecule has 0 aromatic rings. The molecule has 0 aliphatic heterocycles. The zero-order valence-electron chi connectivity index (χ0n) is 22.6. The molecule has 0 spiro atoms. The third-order valence-electron chi connectivity index (χ3n) is 14.0. The molecule has 2 nitrogen and oxygen atoms in total. The Labute approximate surface area is 203 Å². The number of allylic oxidation sites excluding steroid dienone is 1. The minimum Gasteiger partial charge on any atom is -0.481 e. The highest BCUT2D eigenvalue weighted by Gasteiger charge is 2.71. The van der Waals surface area contributed by atoms with Crippen LogP contribution in [0.25, 0.3) is 0 Å². The summed E-state index contributed by atoms with van der Waals surface area (Å²) < 4.78 is 0. The monoisotopic (exact) mass is 454 g/mol. The van der Waals surface area contributed by atoms with Crippen LogP contribution in [0.15, 0.2) is 12.2 Å². The number of carboxylic acids is 1. The van der Waals surface area contributed by atoms with Crippen molar-refractivity contribution in [3.8, 4) is 0 Å². The van der Waals surface area contributed by atoms with Gasteiger partial charge >= 0.3 is 5.97 Å². The Hall–Kier alpha value is -0.790. The quantitative estimate of drug-likeness (QED) is 0.425. The van der Waals surface area contributed by atoms with Gasteiger partial charge in [-0.05, 0) is 128 Å². The third-order valence-corrected chi connectivity index (χ3v) is 14.0. The van der Waals surface area contributed by atoms with Crippen molar-refractivity contribution < 1.29 is 9.90 Å². The summed E-state index contributed by atoms with van der Waals surface area (Å²) in [6.45, 7) is 22.1. The highest BCUT2D eigenvalue weighted by atomic mass is 16.4. The first-order chi connectivity index (χ1) is 15.3. The molecule has 0 saturated heterocycles. The molecule has 0 amide bonds. The fourth-order valence-corrected chi connectivity index (χ4v) is 11.7. The second-order valence-corrected chi connectivity index (χ2v) is 14.9. The summed E-state index contributed by atoms with van der Waals surface area (Å²) in [5, 5.41) is 10.5. The second-order valence-electron chi connectivity index (χ2n) is 14.9. The molecule has 10 atom stereocenters. The standard InChI is InChI=1S/C31H50O2/c1-19(2)21-12-16-31(26(32)33)18-17-29(7)22(25(21)31)9-10-24-28(6)14-11-20(3)27(4,5)23(28)13-15-30(24,29)8/h20-25H,1,9-18H2,2-8H3,(H,32,33)/t20-,21?,22?,23?,24?,25?,28-,29+,30+,31-/m0/s1. The topological polar surface area (TPSA) is 37.3 Å². The molecular formula is C31H50O2. The lowest BCUT2D eigenvalue weighted by atomic mass is 9.32. The van der Waals surface area contributed by atoms with Crippen molar-refractivity contribution in [2.24, 2.45) is 62.6 Å². The largest absolute Gasteiger partial charge is 0.481 e. The molecule has 2 heteroatoms. The van der Waals surface area contributed by atoms with Crippen LogP contribution in [-0.2, 0) is 4.79 Å². The zero-order chi connectivity index (χ0) is 24.2. The summed E-state index contributed by atoms with van der Waals surface area (Å²) in [4.78, 5) is 12.8. The lowest BCUT2D eigenvalue weighted by Gasteiger charge is -2.73. The van der Waals surface area contributed by atoms with Gasteiger partial charge < -0.3 is 5.11 Å². The maximum absolute atomic E-state index is 12.8. The first-order valence-corrected chi connectivity index (χ1v) is 14.1. The van der Waals surface area contributed by atoms with Crippen LogP contribution < -0.4 is 0 Å². The number of carbonyl (C=O) groups is 1. The van der Waals surface area contributed by atoms with E-state index in [-0.39, 0.29) is 11.3 Å². The van der Waals surface area contributed by atoms with Gasteiger partial charge in [0, 0.05) is 0 Å². The number of rotatable bonds is 2. The molecule has 0 aromatic heterocycles. The maximum Gasteiger partial charge on any atom is 0.309 e. The van der Waals surface area contributed by atoms with Gasteiger partial charge in [0.2, 0.25) is 0 Å². The van der Waals surface area contributed by atoms with E-state index in [0.29, 0.717) is 28.1 Å². The lowest BCUT2D eigenvalue weighted by Crippen LogP contribution is -2.66. The van der Waals surface area contributed by atoms with E-state index in [1.165, 1.54) is 44.1 Å². The number of aliphatic carboxylic acids is 1. The van der Waals surface area contributed by atoms with Crippen LogP contribution in [0.4, 0.5) is 0 Å². The van der Waals surface area contributed by atoms with Gasteiger partial charge in [0.25, 0.3) is 0 Å². The van der Waals surface area contributed by atoms with E-state index in [4.69, 9.17) is 0 Å². The predicted octanol–water partition coefficient (Wildman–Crippen LogP) is 8.36. The Kier molecular flexibility index (Phi) is 5.17. The average molecular weight is 455 g/mol. The molecule has 5 fully saturated rings. The molecule has 0 heterocycles. The van der Waals surface area contributed by atoms with Crippen LogP contribution in [0, 0.1) is 62.6 Å². The lowest BCUT2D eigenvalue weighted by molar-refractivity contribution is -0.242. The smallest absolute Gasteiger partial charge is 0.309 e. The van der Waals surface area contributed by atoms with Crippen molar-refractivity contribution in [1.82, 2.24) is 0 Å². The Morgan fingerprint density at radius 3 is 2.15 bits per heavy atom. The van der Waals surface area contributed by atoms with Gasteiger partial charge in [-0.2, -0.15) is 0 Å². The van der Waals surface area contributed by atoms with Crippen molar-refractivity contribution >= 4 is 5.97 Å². The normalized spacial score (nSPS) is 55.0. The molecule has 186 valence electrons. The Morgan fingerprint density at radius 2 is 1.52 bits per heavy atom. The third kappa shape index (κ3) is 2.76. The van der Waals surface area contributed by atoms with Crippen molar-refractivity contribution in [2.45, 2.75) is 113 Å². The van der Waals surface area contributed by atoms with Gasteiger partial charge in [0.05, 0.1) is 5.41 Å². The molecule has 5 saturated carbocycles. The van der Waals surface area contributed by atoms with Gasteiger partial charge in [-0.15, -0.1) is 0 Å². The summed E-state index contributed by atoms with van der Waals surface area (Å²) in [6.07, 6.45) is 11.9. The van der Waals surface area contributed by atoms with E-state index >= 15 is 0 Å². The molecule has 1 N–H and O–H groups in total. The van der Waals surface area contributed by atoms with E-state index in [2.05, 4.69) is 55.0 Å². The average Bonchev–Trinajstić information content (AvgIpc) is 3.13. The number of hydrogen-bond donors (Lipinski definition) is 1. The van der Waals surface area contributed by atoms with E-state index in [1.807, 2.05) is 0 Å². The summed E-state index contributed by atoms with van der Waals surface area (Å²) in [7, 11) is 0. The first kappa shape index (κ1) is 23.9. The van der Waals surface area contributed by atoms with Gasteiger partial charge in [-0.1, -0.05) is 53.7 Å². The van der Waals surface area contributed by atoms with Crippen LogP contribution in [-0.4, -0.2) is 11.1 Å². The van der Waals surface area contributed by atoms with Crippen molar-refractivity contribution in [3.63, 3.8) is 0 Å². The predicted molar refractivity (Wildman–Crippen MR) is 136 cm³/mol. The highest BCUT2D eigenvalue weighted by molar-refractivity contribution is 5.76. The minimum atomic E-state index is -0.510. The molecule has 5 aliphatic carbocycles. The molecule has 0 radical (unpaired) electrons.